The Kier molecular flexibility index (Phi) is 6.71. The predicted octanol–water partition coefficient (Wildman–Crippen LogP) is 3.51. The van der Waals surface area contributed by atoms with Gasteiger partial charge in [0.05, 0.1) is 14.2 Å². The van der Waals surface area contributed by atoms with Gasteiger partial charge in [0.1, 0.15) is 0 Å². The standard InChI is InChI=1S/C18H26N2O2S/c1-4-12-19-18(23)20(15-9-5-6-10-15)13-14-8-7-11-16(21-2)17(14)22-3/h4,7-8,11,15H,1,5-6,9-10,12-13H2,2-3H3,(H,19,23). The van der Waals surface area contributed by atoms with Crippen LogP contribution in [-0.2, 0) is 6.54 Å². The number of nitrogens with one attached hydrogen (secondary N) is 1. The van der Waals surface area contributed by atoms with Crippen LogP contribution in [0.25, 0.3) is 0 Å². The molecule has 4 nitrogen and oxygen atoms in total. The lowest BCUT2D eigenvalue weighted by Crippen LogP contribution is -2.44. The van der Waals surface area contributed by atoms with E-state index in [9.17, 15) is 0 Å². The largest absolute Gasteiger partial charge is 0.493 e. The summed E-state index contributed by atoms with van der Waals surface area (Å²) in [7, 11) is 3.34. The summed E-state index contributed by atoms with van der Waals surface area (Å²) < 4.78 is 11.0. The van der Waals surface area contributed by atoms with Crippen molar-refractivity contribution >= 4 is 17.3 Å². The van der Waals surface area contributed by atoms with Crippen molar-refractivity contribution in [1.82, 2.24) is 10.2 Å². The summed E-state index contributed by atoms with van der Waals surface area (Å²) in [6.45, 7) is 5.14. The maximum atomic E-state index is 5.61. The van der Waals surface area contributed by atoms with Gasteiger partial charge in [-0.2, -0.15) is 0 Å². The summed E-state index contributed by atoms with van der Waals surface area (Å²) in [5, 5.41) is 4.04. The van der Waals surface area contributed by atoms with Gasteiger partial charge in [-0.1, -0.05) is 31.1 Å². The molecule has 1 saturated carbocycles. The first kappa shape index (κ1) is 17.6. The van der Waals surface area contributed by atoms with E-state index < -0.39 is 0 Å². The Morgan fingerprint density at radius 2 is 2.09 bits per heavy atom. The molecule has 1 aromatic rings. The van der Waals surface area contributed by atoms with Gasteiger partial charge in [-0.25, -0.2) is 0 Å². The smallest absolute Gasteiger partial charge is 0.169 e. The lowest BCUT2D eigenvalue weighted by Gasteiger charge is -2.32. The van der Waals surface area contributed by atoms with E-state index in [1.165, 1.54) is 25.7 Å². The van der Waals surface area contributed by atoms with Crippen molar-refractivity contribution in [2.75, 3.05) is 20.8 Å². The molecule has 1 fully saturated rings. The van der Waals surface area contributed by atoms with Gasteiger partial charge in [0.25, 0.3) is 0 Å². The first-order chi connectivity index (χ1) is 11.2. The fraction of sp³-hybridized carbons (Fsp3) is 0.500. The lowest BCUT2D eigenvalue weighted by molar-refractivity contribution is 0.294. The molecular formula is C18H26N2O2S. The average molecular weight is 334 g/mol. The van der Waals surface area contributed by atoms with E-state index in [2.05, 4.69) is 22.9 Å². The van der Waals surface area contributed by atoms with Crippen LogP contribution in [0.1, 0.15) is 31.2 Å². The quantitative estimate of drug-likeness (QED) is 0.610. The molecule has 0 unspecified atom stereocenters. The van der Waals surface area contributed by atoms with E-state index in [-0.39, 0.29) is 0 Å². The fourth-order valence-corrected chi connectivity index (χ4v) is 3.40. The summed E-state index contributed by atoms with van der Waals surface area (Å²) >= 11 is 5.61. The van der Waals surface area contributed by atoms with E-state index >= 15 is 0 Å². The summed E-state index contributed by atoms with van der Waals surface area (Å²) in [5.74, 6) is 1.53. The molecule has 0 heterocycles. The highest BCUT2D eigenvalue weighted by atomic mass is 32.1. The SMILES string of the molecule is C=CCNC(=S)N(Cc1cccc(OC)c1OC)C1CCCC1. The Morgan fingerprint density at radius 3 is 2.70 bits per heavy atom. The van der Waals surface area contributed by atoms with E-state index in [1.54, 1.807) is 14.2 Å². The molecule has 0 amide bonds. The molecule has 0 radical (unpaired) electrons. The van der Waals surface area contributed by atoms with Crippen molar-refractivity contribution in [3.8, 4) is 11.5 Å². The van der Waals surface area contributed by atoms with Crippen LogP contribution in [0, 0.1) is 0 Å². The molecule has 5 heteroatoms. The number of methoxy groups -OCH3 is 2. The molecule has 1 aromatic carbocycles. The maximum absolute atomic E-state index is 5.61. The van der Waals surface area contributed by atoms with Gasteiger partial charge in [-0.3, -0.25) is 0 Å². The Bertz CT molecular complexity index is 542. The zero-order valence-electron chi connectivity index (χ0n) is 14.0. The van der Waals surface area contributed by atoms with Crippen LogP contribution < -0.4 is 14.8 Å². The van der Waals surface area contributed by atoms with Crippen LogP contribution >= 0.6 is 12.2 Å². The Morgan fingerprint density at radius 1 is 1.35 bits per heavy atom. The number of benzene rings is 1. The highest BCUT2D eigenvalue weighted by molar-refractivity contribution is 7.80. The lowest BCUT2D eigenvalue weighted by atomic mass is 10.1. The minimum Gasteiger partial charge on any atom is -0.493 e. The van der Waals surface area contributed by atoms with Crippen LogP contribution in [0.15, 0.2) is 30.9 Å². The van der Waals surface area contributed by atoms with E-state index in [1.807, 2.05) is 18.2 Å². The van der Waals surface area contributed by atoms with Crippen molar-refractivity contribution in [1.29, 1.82) is 0 Å². The molecule has 2 rings (SSSR count). The Labute approximate surface area is 144 Å². The molecule has 0 atom stereocenters. The minimum absolute atomic E-state index is 0.482. The maximum Gasteiger partial charge on any atom is 0.169 e. The number of rotatable bonds is 7. The fourth-order valence-electron chi connectivity index (χ4n) is 3.11. The van der Waals surface area contributed by atoms with Crippen LogP contribution in [0.4, 0.5) is 0 Å². The van der Waals surface area contributed by atoms with Crippen molar-refractivity contribution in [2.24, 2.45) is 0 Å². The zero-order chi connectivity index (χ0) is 16.7. The predicted molar refractivity (Wildman–Crippen MR) is 98.1 cm³/mol. The van der Waals surface area contributed by atoms with Crippen molar-refractivity contribution < 1.29 is 9.47 Å². The number of hydrogen-bond donors (Lipinski definition) is 1. The topological polar surface area (TPSA) is 33.7 Å². The van der Waals surface area contributed by atoms with Crippen LogP contribution in [0.3, 0.4) is 0 Å². The molecule has 1 aliphatic rings. The first-order valence-corrected chi connectivity index (χ1v) is 8.47. The van der Waals surface area contributed by atoms with Crippen molar-refractivity contribution in [3.05, 3.63) is 36.4 Å². The number of hydrogen-bond acceptors (Lipinski definition) is 3. The number of para-hydroxylation sites is 1. The van der Waals surface area contributed by atoms with E-state index in [4.69, 9.17) is 21.7 Å². The molecule has 1 aliphatic carbocycles. The summed E-state index contributed by atoms with van der Waals surface area (Å²) in [6.07, 6.45) is 6.72. The summed E-state index contributed by atoms with van der Waals surface area (Å²) in [6, 6.07) is 6.45. The van der Waals surface area contributed by atoms with Crippen molar-refractivity contribution in [3.63, 3.8) is 0 Å². The number of nitrogens with zero attached hydrogens (tertiary/aromatic N) is 1. The van der Waals surface area contributed by atoms with Crippen LogP contribution in [0.2, 0.25) is 0 Å². The second-order valence-corrected chi connectivity index (χ2v) is 6.08. The zero-order valence-corrected chi connectivity index (χ0v) is 14.8. The first-order valence-electron chi connectivity index (χ1n) is 8.06. The van der Waals surface area contributed by atoms with Gasteiger partial charge >= 0.3 is 0 Å². The molecule has 0 spiro atoms. The Hall–Kier alpha value is -1.75. The van der Waals surface area contributed by atoms with Gasteiger partial charge < -0.3 is 19.7 Å². The number of ether oxygens (including phenoxy) is 2. The molecule has 0 aromatic heterocycles. The van der Waals surface area contributed by atoms with Crippen LogP contribution in [0.5, 0.6) is 11.5 Å². The average Bonchev–Trinajstić information content (AvgIpc) is 3.11. The third kappa shape index (κ3) is 4.38. The second kappa shape index (κ2) is 8.77. The molecule has 23 heavy (non-hydrogen) atoms. The minimum atomic E-state index is 0.482. The van der Waals surface area contributed by atoms with E-state index in [0.717, 1.165) is 22.2 Å². The van der Waals surface area contributed by atoms with Crippen molar-refractivity contribution in [2.45, 2.75) is 38.3 Å². The molecule has 126 valence electrons. The summed E-state index contributed by atoms with van der Waals surface area (Å²) in [4.78, 5) is 2.28. The Balaban J connectivity index is 2.23. The van der Waals surface area contributed by atoms with E-state index in [0.29, 0.717) is 19.1 Å². The second-order valence-electron chi connectivity index (χ2n) is 5.69. The third-order valence-corrected chi connectivity index (χ3v) is 4.63. The summed E-state index contributed by atoms with van der Waals surface area (Å²) in [5.41, 5.74) is 1.08. The van der Waals surface area contributed by atoms with Gasteiger partial charge in [0.2, 0.25) is 0 Å². The normalized spacial score (nSPS) is 14.3. The molecule has 1 N–H and O–H groups in total. The molecular weight excluding hydrogens is 308 g/mol. The number of thiocarbonyl (C=S) groups is 1. The molecule has 0 bridgehead atoms. The van der Waals surface area contributed by atoms with Gasteiger partial charge in [-0.05, 0) is 31.1 Å². The molecule has 0 aliphatic heterocycles. The van der Waals surface area contributed by atoms with Gasteiger partial charge in [-0.15, -0.1) is 6.58 Å². The van der Waals surface area contributed by atoms with Crippen LogP contribution in [-0.4, -0.2) is 36.8 Å². The monoisotopic (exact) mass is 334 g/mol. The van der Waals surface area contributed by atoms with Gasteiger partial charge in [0.15, 0.2) is 16.6 Å². The molecule has 0 saturated heterocycles. The highest BCUT2D eigenvalue weighted by Crippen LogP contribution is 2.33. The third-order valence-electron chi connectivity index (χ3n) is 4.25. The van der Waals surface area contributed by atoms with Gasteiger partial charge in [0, 0.05) is 24.7 Å². The highest BCUT2D eigenvalue weighted by Gasteiger charge is 2.26.